The molecule has 32 heavy (non-hydrogen) atoms. The average molecular weight is 564 g/mol. The molecule has 0 radical (unpaired) electrons. The number of aryl methyl sites for hydroxylation is 1. The van der Waals surface area contributed by atoms with Crippen LogP contribution in [0.1, 0.15) is 23.6 Å². The Morgan fingerprint density at radius 1 is 1.06 bits per heavy atom. The van der Waals surface area contributed by atoms with Gasteiger partial charge in [-0.1, -0.05) is 29.8 Å². The van der Waals surface area contributed by atoms with Crippen LogP contribution >= 0.6 is 24.0 Å². The van der Waals surface area contributed by atoms with Gasteiger partial charge in [-0.25, -0.2) is 9.38 Å². The molecule has 176 valence electrons. The second-order valence-electron chi connectivity index (χ2n) is 6.76. The Balaban J connectivity index is 0.00000512. The predicted octanol–water partition coefficient (Wildman–Crippen LogP) is 3.77. The zero-order valence-electron chi connectivity index (χ0n) is 18.0. The van der Waals surface area contributed by atoms with Crippen molar-refractivity contribution >= 4 is 35.8 Å². The van der Waals surface area contributed by atoms with Gasteiger partial charge in [-0.3, -0.25) is 4.79 Å². The molecule has 0 saturated carbocycles. The molecule has 2 aromatic carbocycles. The number of ether oxygens (including phenoxy) is 1. The molecule has 0 aromatic heterocycles. The van der Waals surface area contributed by atoms with Crippen LogP contribution in [0.15, 0.2) is 47.5 Å². The molecule has 0 heterocycles. The summed E-state index contributed by atoms with van der Waals surface area (Å²) in [4.78, 5) is 16.4. The Labute approximate surface area is 203 Å². The molecule has 0 spiro atoms. The maximum absolute atomic E-state index is 12.9. The van der Waals surface area contributed by atoms with Crippen molar-refractivity contribution < 1.29 is 22.7 Å². The van der Waals surface area contributed by atoms with Gasteiger partial charge in [0.05, 0.1) is 13.0 Å². The average Bonchev–Trinajstić information content (AvgIpc) is 2.72. The SMILES string of the molecule is CCNC(=NCc1cc(C)ccc1OC(F)F)NCCNC(=O)Cc1ccc(F)cc1.I. The van der Waals surface area contributed by atoms with Crippen LogP contribution in [0, 0.1) is 12.7 Å². The van der Waals surface area contributed by atoms with E-state index in [1.165, 1.54) is 18.2 Å². The van der Waals surface area contributed by atoms with Crippen molar-refractivity contribution in [3.8, 4) is 5.75 Å². The highest BCUT2D eigenvalue weighted by molar-refractivity contribution is 14.0. The third-order valence-electron chi connectivity index (χ3n) is 4.20. The van der Waals surface area contributed by atoms with Crippen molar-refractivity contribution in [1.29, 1.82) is 0 Å². The minimum Gasteiger partial charge on any atom is -0.434 e. The zero-order valence-corrected chi connectivity index (χ0v) is 20.3. The van der Waals surface area contributed by atoms with Crippen LogP contribution in [0.25, 0.3) is 0 Å². The number of hydrogen-bond donors (Lipinski definition) is 3. The molecular weight excluding hydrogens is 536 g/mol. The molecule has 6 nitrogen and oxygen atoms in total. The van der Waals surface area contributed by atoms with E-state index in [9.17, 15) is 18.0 Å². The lowest BCUT2D eigenvalue weighted by Crippen LogP contribution is -2.41. The number of carbonyl (C=O) groups excluding carboxylic acids is 1. The fourth-order valence-corrected chi connectivity index (χ4v) is 2.78. The number of alkyl halides is 2. The molecule has 3 N–H and O–H groups in total. The van der Waals surface area contributed by atoms with Crippen molar-refractivity contribution in [2.45, 2.75) is 33.4 Å². The minimum absolute atomic E-state index is 0. The normalized spacial score (nSPS) is 11.0. The van der Waals surface area contributed by atoms with E-state index in [1.807, 2.05) is 13.8 Å². The second-order valence-corrected chi connectivity index (χ2v) is 6.76. The molecule has 0 aliphatic heterocycles. The smallest absolute Gasteiger partial charge is 0.387 e. The van der Waals surface area contributed by atoms with Crippen molar-refractivity contribution in [3.63, 3.8) is 0 Å². The Morgan fingerprint density at radius 2 is 1.75 bits per heavy atom. The molecular formula is C22H28F3IN4O2. The number of carbonyl (C=O) groups is 1. The van der Waals surface area contributed by atoms with Gasteiger partial charge in [0.15, 0.2) is 5.96 Å². The van der Waals surface area contributed by atoms with Crippen LogP contribution in [-0.4, -0.2) is 38.1 Å². The fraction of sp³-hybridized carbons (Fsp3) is 0.364. The van der Waals surface area contributed by atoms with Crippen LogP contribution in [0.4, 0.5) is 13.2 Å². The monoisotopic (exact) mass is 564 g/mol. The van der Waals surface area contributed by atoms with Gasteiger partial charge < -0.3 is 20.7 Å². The van der Waals surface area contributed by atoms with E-state index in [1.54, 1.807) is 24.3 Å². The number of benzene rings is 2. The molecule has 1 amide bonds. The first kappa shape index (κ1) is 27.5. The van der Waals surface area contributed by atoms with Crippen LogP contribution in [0.5, 0.6) is 5.75 Å². The number of hydrogen-bond acceptors (Lipinski definition) is 3. The standard InChI is InChI=1S/C22H27F3N4O2.HI/c1-3-26-22(29-14-17-12-15(2)4-9-19(17)31-21(24)25)28-11-10-27-20(30)13-16-5-7-18(23)8-6-16;/h4-9,12,21H,3,10-11,13-14H2,1-2H3,(H,27,30)(H2,26,28,29);1H. The van der Waals surface area contributed by atoms with Crippen LogP contribution < -0.4 is 20.7 Å². The number of nitrogens with one attached hydrogen (secondary N) is 3. The number of amides is 1. The van der Waals surface area contributed by atoms with E-state index >= 15 is 0 Å². The Kier molecular flexibility index (Phi) is 12.5. The summed E-state index contributed by atoms with van der Waals surface area (Å²) >= 11 is 0. The quantitative estimate of drug-likeness (QED) is 0.178. The molecule has 2 aromatic rings. The van der Waals surface area contributed by atoms with Gasteiger partial charge in [0, 0.05) is 25.2 Å². The molecule has 0 aliphatic rings. The van der Waals surface area contributed by atoms with Crippen molar-refractivity contribution in [2.24, 2.45) is 4.99 Å². The molecule has 0 fully saturated rings. The van der Waals surface area contributed by atoms with Crippen LogP contribution in [0.2, 0.25) is 0 Å². The number of nitrogens with zero attached hydrogens (tertiary/aromatic N) is 1. The number of rotatable bonds is 10. The van der Waals surface area contributed by atoms with E-state index in [0.29, 0.717) is 31.2 Å². The Morgan fingerprint density at radius 3 is 2.41 bits per heavy atom. The fourth-order valence-electron chi connectivity index (χ4n) is 2.78. The van der Waals surface area contributed by atoms with Crippen LogP contribution in [-0.2, 0) is 17.8 Å². The summed E-state index contributed by atoms with van der Waals surface area (Å²) in [6.45, 7) is 2.38. The molecule has 0 atom stereocenters. The molecule has 10 heteroatoms. The highest BCUT2D eigenvalue weighted by Gasteiger charge is 2.10. The van der Waals surface area contributed by atoms with Gasteiger partial charge in [-0.05, 0) is 37.6 Å². The lowest BCUT2D eigenvalue weighted by Gasteiger charge is -2.13. The van der Waals surface area contributed by atoms with Crippen molar-refractivity contribution in [2.75, 3.05) is 19.6 Å². The summed E-state index contributed by atoms with van der Waals surface area (Å²) in [5.41, 5.74) is 2.18. The third kappa shape index (κ3) is 10.2. The molecule has 0 bridgehead atoms. The summed E-state index contributed by atoms with van der Waals surface area (Å²) in [7, 11) is 0. The van der Waals surface area contributed by atoms with Gasteiger partial charge >= 0.3 is 6.61 Å². The Hall–Kier alpha value is -2.50. The summed E-state index contributed by atoms with van der Waals surface area (Å²) in [6.07, 6.45) is 0.161. The van der Waals surface area contributed by atoms with Gasteiger partial charge in [-0.2, -0.15) is 8.78 Å². The van der Waals surface area contributed by atoms with Gasteiger partial charge in [0.1, 0.15) is 11.6 Å². The van der Waals surface area contributed by atoms with E-state index in [4.69, 9.17) is 0 Å². The molecule has 0 unspecified atom stereocenters. The second kappa shape index (κ2) is 14.5. The summed E-state index contributed by atoms with van der Waals surface area (Å²) in [6, 6.07) is 10.7. The Bertz CT molecular complexity index is 880. The van der Waals surface area contributed by atoms with Gasteiger partial charge in [0.25, 0.3) is 0 Å². The topological polar surface area (TPSA) is 74.8 Å². The van der Waals surface area contributed by atoms with Crippen molar-refractivity contribution in [1.82, 2.24) is 16.0 Å². The molecule has 0 aliphatic carbocycles. The number of guanidine groups is 1. The lowest BCUT2D eigenvalue weighted by atomic mass is 10.1. The first-order valence-corrected chi connectivity index (χ1v) is 9.95. The largest absolute Gasteiger partial charge is 0.434 e. The maximum atomic E-state index is 12.9. The first-order valence-electron chi connectivity index (χ1n) is 9.95. The number of halogens is 4. The highest BCUT2D eigenvalue weighted by atomic mass is 127. The summed E-state index contributed by atoms with van der Waals surface area (Å²) in [5.74, 6) is 0.0547. The highest BCUT2D eigenvalue weighted by Crippen LogP contribution is 2.22. The van der Waals surface area contributed by atoms with E-state index in [-0.39, 0.29) is 54.4 Å². The lowest BCUT2D eigenvalue weighted by molar-refractivity contribution is -0.120. The van der Waals surface area contributed by atoms with Gasteiger partial charge in [0.2, 0.25) is 5.91 Å². The third-order valence-corrected chi connectivity index (χ3v) is 4.20. The zero-order chi connectivity index (χ0) is 22.6. The number of aliphatic imine (C=N–C) groups is 1. The van der Waals surface area contributed by atoms with E-state index in [2.05, 4.69) is 25.7 Å². The first-order chi connectivity index (χ1) is 14.9. The van der Waals surface area contributed by atoms with Crippen LogP contribution in [0.3, 0.4) is 0 Å². The maximum Gasteiger partial charge on any atom is 0.387 e. The molecule has 2 rings (SSSR count). The van der Waals surface area contributed by atoms with E-state index in [0.717, 1.165) is 11.1 Å². The van der Waals surface area contributed by atoms with E-state index < -0.39 is 6.61 Å². The summed E-state index contributed by atoms with van der Waals surface area (Å²) in [5, 5.41) is 8.91. The van der Waals surface area contributed by atoms with Crippen molar-refractivity contribution in [3.05, 3.63) is 65.0 Å². The molecule has 0 saturated heterocycles. The minimum atomic E-state index is -2.91. The predicted molar refractivity (Wildman–Crippen MR) is 129 cm³/mol. The van der Waals surface area contributed by atoms with Gasteiger partial charge in [-0.15, -0.1) is 24.0 Å². The summed E-state index contributed by atoms with van der Waals surface area (Å²) < 4.78 is 42.7.